The monoisotopic (exact) mass is 266 g/mol. The average molecular weight is 266 g/mol. The third-order valence-corrected chi connectivity index (χ3v) is 3.04. The summed E-state index contributed by atoms with van der Waals surface area (Å²) in [7, 11) is 0. The van der Waals surface area contributed by atoms with Gasteiger partial charge in [-0.3, -0.25) is 4.79 Å². The standard InChI is InChI=1S/C13H15FN2O3/c1-8(17)15-6-9-4-11(5-9)19-13(18)12-3-2-10(14)7-16-12/h2-3,7,9,11H,4-6H2,1H3,(H,15,17). The van der Waals surface area contributed by atoms with Crippen molar-refractivity contribution in [2.24, 2.45) is 5.92 Å². The SMILES string of the molecule is CC(=O)NCC1CC(OC(=O)c2ccc(F)cn2)C1. The van der Waals surface area contributed by atoms with Crippen molar-refractivity contribution in [2.75, 3.05) is 6.54 Å². The second kappa shape index (κ2) is 5.77. The molecule has 1 heterocycles. The third kappa shape index (κ3) is 3.74. The van der Waals surface area contributed by atoms with E-state index in [0.717, 1.165) is 19.0 Å². The lowest BCUT2D eigenvalue weighted by Crippen LogP contribution is -2.40. The van der Waals surface area contributed by atoms with E-state index in [1.54, 1.807) is 0 Å². The summed E-state index contributed by atoms with van der Waals surface area (Å²) in [4.78, 5) is 26.0. The van der Waals surface area contributed by atoms with Gasteiger partial charge in [0.2, 0.25) is 5.91 Å². The van der Waals surface area contributed by atoms with E-state index in [4.69, 9.17) is 4.74 Å². The lowest BCUT2D eigenvalue weighted by atomic mass is 9.82. The number of pyridine rings is 1. The molecule has 1 fully saturated rings. The number of carbonyl (C=O) groups excluding carboxylic acids is 2. The summed E-state index contributed by atoms with van der Waals surface area (Å²) >= 11 is 0. The first kappa shape index (κ1) is 13.5. The van der Waals surface area contributed by atoms with Crippen molar-refractivity contribution in [3.05, 3.63) is 29.8 Å². The van der Waals surface area contributed by atoms with Crippen LogP contribution in [0.15, 0.2) is 18.3 Å². The quantitative estimate of drug-likeness (QED) is 0.834. The first-order chi connectivity index (χ1) is 9.04. The Morgan fingerprint density at radius 3 is 2.79 bits per heavy atom. The van der Waals surface area contributed by atoms with E-state index >= 15 is 0 Å². The van der Waals surface area contributed by atoms with Crippen LogP contribution in [-0.4, -0.2) is 29.5 Å². The number of hydrogen-bond acceptors (Lipinski definition) is 4. The summed E-state index contributed by atoms with van der Waals surface area (Å²) in [5.41, 5.74) is 0.103. The van der Waals surface area contributed by atoms with Crippen LogP contribution in [0.4, 0.5) is 4.39 Å². The van der Waals surface area contributed by atoms with Gasteiger partial charge in [0.1, 0.15) is 17.6 Å². The first-order valence-electron chi connectivity index (χ1n) is 6.11. The fourth-order valence-corrected chi connectivity index (χ4v) is 1.93. The van der Waals surface area contributed by atoms with Gasteiger partial charge < -0.3 is 10.1 Å². The van der Waals surface area contributed by atoms with E-state index in [1.165, 1.54) is 19.1 Å². The Labute approximate surface area is 110 Å². The Balaban J connectivity index is 1.73. The largest absolute Gasteiger partial charge is 0.458 e. The predicted octanol–water partition coefficient (Wildman–Crippen LogP) is 1.29. The van der Waals surface area contributed by atoms with Gasteiger partial charge in [0.05, 0.1) is 6.20 Å². The van der Waals surface area contributed by atoms with Crippen molar-refractivity contribution in [2.45, 2.75) is 25.9 Å². The average Bonchev–Trinajstić information content (AvgIpc) is 2.32. The molecule has 6 heteroatoms. The van der Waals surface area contributed by atoms with E-state index in [9.17, 15) is 14.0 Å². The van der Waals surface area contributed by atoms with Crippen molar-refractivity contribution < 1.29 is 18.7 Å². The molecule has 0 radical (unpaired) electrons. The fraction of sp³-hybridized carbons (Fsp3) is 0.462. The minimum Gasteiger partial charge on any atom is -0.458 e. The Hall–Kier alpha value is -1.98. The minimum atomic E-state index is -0.539. The molecule has 1 N–H and O–H groups in total. The summed E-state index contributed by atoms with van der Waals surface area (Å²) in [5.74, 6) is -0.739. The second-order valence-corrected chi connectivity index (χ2v) is 4.66. The van der Waals surface area contributed by atoms with E-state index in [1.807, 2.05) is 0 Å². The molecule has 0 unspecified atom stereocenters. The number of amides is 1. The van der Waals surface area contributed by atoms with Crippen molar-refractivity contribution in [1.29, 1.82) is 0 Å². The van der Waals surface area contributed by atoms with E-state index in [0.29, 0.717) is 12.5 Å². The summed E-state index contributed by atoms with van der Waals surface area (Å²) in [6, 6.07) is 2.47. The van der Waals surface area contributed by atoms with Crippen LogP contribution < -0.4 is 5.32 Å². The molecule has 1 aliphatic rings. The van der Waals surface area contributed by atoms with Crippen LogP contribution in [0, 0.1) is 11.7 Å². The number of rotatable bonds is 4. The van der Waals surface area contributed by atoms with Crippen LogP contribution in [0.2, 0.25) is 0 Å². The molecule has 0 saturated heterocycles. The van der Waals surface area contributed by atoms with Crippen molar-refractivity contribution >= 4 is 11.9 Å². The van der Waals surface area contributed by atoms with Gasteiger partial charge in [0.25, 0.3) is 0 Å². The number of aromatic nitrogens is 1. The second-order valence-electron chi connectivity index (χ2n) is 4.66. The number of esters is 1. The van der Waals surface area contributed by atoms with Crippen LogP contribution >= 0.6 is 0 Å². The van der Waals surface area contributed by atoms with Crippen LogP contribution in [0.1, 0.15) is 30.3 Å². The molecule has 0 aromatic carbocycles. The number of halogens is 1. The highest BCUT2D eigenvalue weighted by molar-refractivity contribution is 5.87. The Morgan fingerprint density at radius 2 is 2.21 bits per heavy atom. The highest BCUT2D eigenvalue weighted by Gasteiger charge is 2.32. The first-order valence-corrected chi connectivity index (χ1v) is 6.11. The van der Waals surface area contributed by atoms with Crippen molar-refractivity contribution in [3.63, 3.8) is 0 Å². The molecule has 1 aromatic heterocycles. The number of carbonyl (C=O) groups is 2. The normalized spacial score (nSPS) is 21.4. The van der Waals surface area contributed by atoms with Gasteiger partial charge in [-0.25, -0.2) is 14.2 Å². The number of ether oxygens (including phenoxy) is 1. The molecule has 1 amide bonds. The smallest absolute Gasteiger partial charge is 0.357 e. The predicted molar refractivity (Wildman–Crippen MR) is 64.8 cm³/mol. The van der Waals surface area contributed by atoms with E-state index in [-0.39, 0.29) is 17.7 Å². The van der Waals surface area contributed by atoms with Crippen molar-refractivity contribution in [1.82, 2.24) is 10.3 Å². The molecular weight excluding hydrogens is 251 g/mol. The van der Waals surface area contributed by atoms with Gasteiger partial charge in [-0.15, -0.1) is 0 Å². The van der Waals surface area contributed by atoms with Gasteiger partial charge in [-0.05, 0) is 30.9 Å². The van der Waals surface area contributed by atoms with Crippen LogP contribution in [0.25, 0.3) is 0 Å². The lowest BCUT2D eigenvalue weighted by molar-refractivity contribution is -0.119. The molecule has 0 spiro atoms. The van der Waals surface area contributed by atoms with Gasteiger partial charge in [0.15, 0.2) is 0 Å². The summed E-state index contributed by atoms with van der Waals surface area (Å²) < 4.78 is 17.9. The maximum Gasteiger partial charge on any atom is 0.357 e. The number of nitrogens with zero attached hydrogens (tertiary/aromatic N) is 1. The van der Waals surface area contributed by atoms with Crippen molar-refractivity contribution in [3.8, 4) is 0 Å². The molecule has 102 valence electrons. The zero-order valence-electron chi connectivity index (χ0n) is 10.6. The maximum atomic E-state index is 12.6. The highest BCUT2D eigenvalue weighted by Crippen LogP contribution is 2.30. The topological polar surface area (TPSA) is 68.3 Å². The van der Waals surface area contributed by atoms with E-state index in [2.05, 4.69) is 10.3 Å². The van der Waals surface area contributed by atoms with Gasteiger partial charge in [0, 0.05) is 13.5 Å². The molecule has 1 aliphatic carbocycles. The molecule has 0 aliphatic heterocycles. The Bertz CT molecular complexity index is 469. The molecule has 1 aromatic rings. The van der Waals surface area contributed by atoms with Crippen LogP contribution in [0.3, 0.4) is 0 Å². The Kier molecular flexibility index (Phi) is 4.09. The molecule has 0 atom stereocenters. The highest BCUT2D eigenvalue weighted by atomic mass is 19.1. The van der Waals surface area contributed by atoms with Gasteiger partial charge >= 0.3 is 5.97 Å². The molecule has 5 nitrogen and oxygen atoms in total. The Morgan fingerprint density at radius 1 is 1.47 bits per heavy atom. The van der Waals surface area contributed by atoms with Crippen LogP contribution in [0.5, 0.6) is 0 Å². The molecule has 0 bridgehead atoms. The van der Waals surface area contributed by atoms with Crippen LogP contribution in [-0.2, 0) is 9.53 Å². The fourth-order valence-electron chi connectivity index (χ4n) is 1.93. The lowest BCUT2D eigenvalue weighted by Gasteiger charge is -2.34. The third-order valence-electron chi connectivity index (χ3n) is 3.04. The summed E-state index contributed by atoms with van der Waals surface area (Å²) in [6.45, 7) is 2.08. The van der Waals surface area contributed by atoms with Gasteiger partial charge in [-0.2, -0.15) is 0 Å². The number of hydrogen-bond donors (Lipinski definition) is 1. The molecule has 19 heavy (non-hydrogen) atoms. The van der Waals surface area contributed by atoms with E-state index < -0.39 is 11.8 Å². The van der Waals surface area contributed by atoms with Gasteiger partial charge in [-0.1, -0.05) is 0 Å². The number of nitrogens with one attached hydrogen (secondary N) is 1. The molecule has 2 rings (SSSR count). The molecule has 1 saturated carbocycles. The minimum absolute atomic E-state index is 0.0593. The summed E-state index contributed by atoms with van der Waals surface area (Å²) in [6.07, 6.45) is 2.30. The summed E-state index contributed by atoms with van der Waals surface area (Å²) in [5, 5.41) is 2.73. The molecular formula is C13H15FN2O3. The zero-order chi connectivity index (χ0) is 13.8. The maximum absolute atomic E-state index is 12.6. The zero-order valence-corrected chi connectivity index (χ0v) is 10.6.